The Morgan fingerprint density at radius 2 is 1.77 bits per heavy atom. The van der Waals surface area contributed by atoms with Crippen LogP contribution >= 0.6 is 11.8 Å². The van der Waals surface area contributed by atoms with E-state index in [1.54, 1.807) is 18.2 Å². The second kappa shape index (κ2) is 9.50. The van der Waals surface area contributed by atoms with Gasteiger partial charge in [0, 0.05) is 23.7 Å². The van der Waals surface area contributed by atoms with Gasteiger partial charge in [0.15, 0.2) is 11.5 Å². The van der Waals surface area contributed by atoms with Crippen molar-refractivity contribution in [1.29, 1.82) is 0 Å². The van der Waals surface area contributed by atoms with E-state index in [0.29, 0.717) is 43.5 Å². The number of nitrogens with one attached hydrogen (secondary N) is 1. The van der Waals surface area contributed by atoms with Crippen molar-refractivity contribution in [3.8, 4) is 11.5 Å². The lowest BCUT2D eigenvalue weighted by Crippen LogP contribution is -2.35. The van der Waals surface area contributed by atoms with E-state index < -0.39 is 10.0 Å². The highest BCUT2D eigenvalue weighted by Gasteiger charge is 2.26. The highest BCUT2D eigenvalue weighted by Crippen LogP contribution is 2.35. The summed E-state index contributed by atoms with van der Waals surface area (Å²) in [6.07, 6.45) is 2.82. The Morgan fingerprint density at radius 1 is 1.03 bits per heavy atom. The first-order valence-corrected chi connectivity index (χ1v) is 12.7. The zero-order valence-corrected chi connectivity index (χ0v) is 19.0. The van der Waals surface area contributed by atoms with E-state index >= 15 is 0 Å². The molecule has 0 radical (unpaired) electrons. The minimum Gasteiger partial charge on any atom is -0.486 e. The van der Waals surface area contributed by atoms with E-state index in [-0.39, 0.29) is 16.1 Å². The summed E-state index contributed by atoms with van der Waals surface area (Å²) in [4.78, 5) is 13.8. The van der Waals surface area contributed by atoms with Crippen LogP contribution in [0.4, 0.5) is 5.69 Å². The first kappa shape index (κ1) is 22.0. The Hall–Kier alpha value is -2.23. The normalized spacial score (nSPS) is 17.7. The number of thioether (sulfide) groups is 1. The fourth-order valence-corrected chi connectivity index (χ4v) is 6.05. The fraction of sp³-hybridized carbons (Fsp3) is 0.409. The third kappa shape index (κ3) is 5.16. The second-order valence-corrected chi connectivity index (χ2v) is 10.9. The van der Waals surface area contributed by atoms with E-state index in [9.17, 15) is 13.2 Å². The second-order valence-electron chi connectivity index (χ2n) is 7.55. The molecule has 2 aliphatic heterocycles. The molecule has 2 aromatic rings. The smallest absolute Gasteiger partial charge is 0.243 e. The third-order valence-electron chi connectivity index (χ3n) is 5.25. The van der Waals surface area contributed by atoms with E-state index in [2.05, 4.69) is 5.32 Å². The van der Waals surface area contributed by atoms with Crippen LogP contribution < -0.4 is 14.8 Å². The van der Waals surface area contributed by atoms with Crippen LogP contribution in [0.3, 0.4) is 0 Å². The van der Waals surface area contributed by atoms with Crippen LogP contribution in [0.25, 0.3) is 0 Å². The number of fused-ring (bicyclic) bond motifs is 1. The van der Waals surface area contributed by atoms with Crippen LogP contribution in [0.1, 0.15) is 26.2 Å². The maximum atomic E-state index is 12.9. The maximum absolute atomic E-state index is 12.9. The molecule has 7 nitrogen and oxygen atoms in total. The van der Waals surface area contributed by atoms with Crippen LogP contribution in [0.15, 0.2) is 52.3 Å². The molecule has 0 aromatic heterocycles. The van der Waals surface area contributed by atoms with Crippen LogP contribution in [0, 0.1) is 0 Å². The lowest BCUT2D eigenvalue weighted by Gasteiger charge is -2.26. The number of carbonyl (C=O) groups is 1. The number of hydrogen-bond acceptors (Lipinski definition) is 6. The molecule has 1 fully saturated rings. The predicted octanol–water partition coefficient (Wildman–Crippen LogP) is 3.75. The van der Waals surface area contributed by atoms with Crippen molar-refractivity contribution in [1.82, 2.24) is 4.31 Å². The summed E-state index contributed by atoms with van der Waals surface area (Å²) in [6.45, 7) is 3.94. The molecule has 2 heterocycles. The van der Waals surface area contributed by atoms with Crippen LogP contribution in [-0.2, 0) is 14.8 Å². The Balaban J connectivity index is 1.42. The van der Waals surface area contributed by atoms with Crippen molar-refractivity contribution in [3.63, 3.8) is 0 Å². The SMILES string of the molecule is CC(Sc1ccc2c(c1)OCCO2)C(=O)Nc1cccc(S(=O)(=O)N2CCCCC2)c1. The number of anilines is 1. The summed E-state index contributed by atoms with van der Waals surface area (Å²) in [5.41, 5.74) is 0.470. The average molecular weight is 463 g/mol. The standard InChI is InChI=1S/C22H26N2O5S2/c1-16(30-18-8-9-20-21(15-18)29-13-12-28-20)22(25)23-17-6-5-7-19(14-17)31(26,27)24-10-3-2-4-11-24/h5-9,14-16H,2-4,10-13H2,1H3,(H,23,25). The molecule has 1 N–H and O–H groups in total. The van der Waals surface area contributed by atoms with E-state index in [0.717, 1.165) is 24.2 Å². The Morgan fingerprint density at radius 3 is 2.55 bits per heavy atom. The highest BCUT2D eigenvalue weighted by atomic mass is 32.2. The Bertz CT molecular complexity index is 1050. The van der Waals surface area contributed by atoms with Gasteiger partial charge in [-0.15, -0.1) is 11.8 Å². The fourth-order valence-electron chi connectivity index (χ4n) is 3.59. The Labute approximate surface area is 187 Å². The van der Waals surface area contributed by atoms with Crippen molar-refractivity contribution in [2.45, 2.75) is 41.2 Å². The quantitative estimate of drug-likeness (QED) is 0.658. The minimum atomic E-state index is -3.55. The molecule has 0 bridgehead atoms. The van der Waals surface area contributed by atoms with E-state index in [1.807, 2.05) is 25.1 Å². The topological polar surface area (TPSA) is 84.9 Å². The van der Waals surface area contributed by atoms with Gasteiger partial charge in [0.2, 0.25) is 15.9 Å². The average Bonchev–Trinajstić information content (AvgIpc) is 2.79. The molecule has 0 spiro atoms. The largest absolute Gasteiger partial charge is 0.486 e. The van der Waals surface area contributed by atoms with Gasteiger partial charge < -0.3 is 14.8 Å². The zero-order valence-electron chi connectivity index (χ0n) is 17.4. The van der Waals surface area contributed by atoms with Crippen molar-refractivity contribution < 1.29 is 22.7 Å². The number of benzene rings is 2. The van der Waals surface area contributed by atoms with Gasteiger partial charge in [-0.2, -0.15) is 4.31 Å². The van der Waals surface area contributed by atoms with Crippen molar-refractivity contribution >= 4 is 33.4 Å². The molecule has 1 amide bonds. The van der Waals surface area contributed by atoms with Gasteiger partial charge in [0.25, 0.3) is 0 Å². The van der Waals surface area contributed by atoms with Gasteiger partial charge in [-0.05, 0) is 56.2 Å². The van der Waals surface area contributed by atoms with Gasteiger partial charge in [-0.1, -0.05) is 12.5 Å². The van der Waals surface area contributed by atoms with E-state index in [1.165, 1.54) is 22.1 Å². The van der Waals surface area contributed by atoms with E-state index in [4.69, 9.17) is 9.47 Å². The summed E-state index contributed by atoms with van der Waals surface area (Å²) >= 11 is 1.40. The summed E-state index contributed by atoms with van der Waals surface area (Å²) < 4.78 is 38.5. The van der Waals surface area contributed by atoms with Gasteiger partial charge in [0.05, 0.1) is 10.1 Å². The molecule has 1 unspecified atom stereocenters. The molecular weight excluding hydrogens is 436 g/mol. The first-order valence-electron chi connectivity index (χ1n) is 10.4. The number of piperidine rings is 1. The number of carbonyl (C=O) groups excluding carboxylic acids is 1. The number of amides is 1. The predicted molar refractivity (Wildman–Crippen MR) is 120 cm³/mol. The first-order chi connectivity index (χ1) is 14.9. The molecule has 9 heteroatoms. The monoisotopic (exact) mass is 462 g/mol. The highest BCUT2D eigenvalue weighted by molar-refractivity contribution is 8.00. The molecular formula is C22H26N2O5S2. The molecule has 166 valence electrons. The lowest BCUT2D eigenvalue weighted by atomic mass is 10.2. The molecule has 1 saturated heterocycles. The number of ether oxygens (including phenoxy) is 2. The van der Waals surface area contributed by atoms with Crippen LogP contribution in [0.2, 0.25) is 0 Å². The minimum absolute atomic E-state index is 0.201. The number of rotatable bonds is 6. The zero-order chi connectivity index (χ0) is 21.8. The molecule has 31 heavy (non-hydrogen) atoms. The molecule has 0 saturated carbocycles. The maximum Gasteiger partial charge on any atom is 0.243 e. The van der Waals surface area contributed by atoms with Crippen LogP contribution in [0.5, 0.6) is 11.5 Å². The lowest BCUT2D eigenvalue weighted by molar-refractivity contribution is -0.115. The summed E-state index contributed by atoms with van der Waals surface area (Å²) in [5.74, 6) is 1.19. The summed E-state index contributed by atoms with van der Waals surface area (Å²) in [5, 5.41) is 2.46. The molecule has 1 atom stereocenters. The molecule has 4 rings (SSSR count). The number of hydrogen-bond donors (Lipinski definition) is 1. The number of nitrogens with zero attached hydrogens (tertiary/aromatic N) is 1. The molecule has 2 aromatic carbocycles. The molecule has 0 aliphatic carbocycles. The van der Waals surface area contributed by atoms with Crippen molar-refractivity contribution in [3.05, 3.63) is 42.5 Å². The van der Waals surface area contributed by atoms with Gasteiger partial charge in [-0.25, -0.2) is 8.42 Å². The number of sulfonamides is 1. The summed E-state index contributed by atoms with van der Waals surface area (Å²) in [6, 6.07) is 12.1. The molecule has 2 aliphatic rings. The van der Waals surface area contributed by atoms with Gasteiger partial charge in [-0.3, -0.25) is 4.79 Å². The van der Waals surface area contributed by atoms with Gasteiger partial charge in [0.1, 0.15) is 13.2 Å². The van der Waals surface area contributed by atoms with Gasteiger partial charge >= 0.3 is 0 Å². The van der Waals surface area contributed by atoms with Crippen molar-refractivity contribution in [2.75, 3.05) is 31.6 Å². The van der Waals surface area contributed by atoms with Crippen LogP contribution in [-0.4, -0.2) is 50.2 Å². The van der Waals surface area contributed by atoms with Crippen molar-refractivity contribution in [2.24, 2.45) is 0 Å². The third-order valence-corrected chi connectivity index (χ3v) is 8.24. The Kier molecular flexibility index (Phi) is 6.74. The summed E-state index contributed by atoms with van der Waals surface area (Å²) in [7, 11) is -3.55.